The van der Waals surface area contributed by atoms with Gasteiger partial charge in [-0.3, -0.25) is 0 Å². The number of hydrogen-bond donors (Lipinski definition) is 2. The topological polar surface area (TPSA) is 58.9 Å². The van der Waals surface area contributed by atoms with Gasteiger partial charge in [0, 0.05) is 5.46 Å². The van der Waals surface area contributed by atoms with Crippen molar-refractivity contribution in [3.63, 3.8) is 0 Å². The van der Waals surface area contributed by atoms with E-state index in [2.05, 4.69) is 0 Å². The molecule has 2 N–H and O–H groups in total. The number of para-hydroxylation sites is 1. The van der Waals surface area contributed by atoms with Crippen LogP contribution in [-0.4, -0.2) is 17.2 Å². The minimum absolute atomic E-state index is 0.279. The Kier molecular flexibility index (Phi) is 5.72. The summed E-state index contributed by atoms with van der Waals surface area (Å²) in [6.07, 6.45) is 0. The van der Waals surface area contributed by atoms with Crippen molar-refractivity contribution in [3.05, 3.63) is 90.0 Å². The molecular weight excluding hydrogens is 315 g/mol. The van der Waals surface area contributed by atoms with Crippen LogP contribution < -0.4 is 14.9 Å². The molecule has 4 nitrogen and oxygen atoms in total. The van der Waals surface area contributed by atoms with Crippen molar-refractivity contribution in [2.24, 2.45) is 0 Å². The van der Waals surface area contributed by atoms with Crippen molar-refractivity contribution >= 4 is 12.6 Å². The van der Waals surface area contributed by atoms with E-state index in [-0.39, 0.29) is 5.46 Å². The van der Waals surface area contributed by atoms with Gasteiger partial charge < -0.3 is 19.5 Å². The van der Waals surface area contributed by atoms with Crippen LogP contribution in [0.3, 0.4) is 0 Å². The van der Waals surface area contributed by atoms with E-state index >= 15 is 0 Å². The van der Waals surface area contributed by atoms with E-state index in [1.807, 2.05) is 60.7 Å². The monoisotopic (exact) mass is 334 g/mol. The summed E-state index contributed by atoms with van der Waals surface area (Å²) in [4.78, 5) is 0. The molecule has 0 aliphatic rings. The zero-order valence-electron chi connectivity index (χ0n) is 13.7. The second-order valence-electron chi connectivity index (χ2n) is 5.60. The summed E-state index contributed by atoms with van der Waals surface area (Å²) in [5.41, 5.74) is 2.28. The van der Waals surface area contributed by atoms with Crippen molar-refractivity contribution < 1.29 is 19.5 Å². The van der Waals surface area contributed by atoms with Crippen LogP contribution in [0.1, 0.15) is 11.1 Å². The Labute approximate surface area is 147 Å². The third kappa shape index (κ3) is 4.63. The van der Waals surface area contributed by atoms with Gasteiger partial charge in [-0.05, 0) is 17.2 Å². The molecule has 0 radical (unpaired) electrons. The molecule has 3 aromatic carbocycles. The van der Waals surface area contributed by atoms with E-state index in [0.29, 0.717) is 24.7 Å². The number of rotatable bonds is 7. The van der Waals surface area contributed by atoms with Crippen LogP contribution in [0.25, 0.3) is 0 Å². The number of benzene rings is 3. The highest BCUT2D eigenvalue weighted by molar-refractivity contribution is 6.59. The SMILES string of the molecule is OB(O)c1cccc(OCc2ccccc2)c1OCc1ccccc1. The average Bonchev–Trinajstić information content (AvgIpc) is 2.66. The summed E-state index contributed by atoms with van der Waals surface area (Å²) in [6.45, 7) is 0.680. The molecule has 0 heterocycles. The summed E-state index contributed by atoms with van der Waals surface area (Å²) in [7, 11) is -1.63. The van der Waals surface area contributed by atoms with E-state index in [4.69, 9.17) is 9.47 Å². The van der Waals surface area contributed by atoms with Gasteiger partial charge in [-0.2, -0.15) is 0 Å². The van der Waals surface area contributed by atoms with E-state index in [9.17, 15) is 10.0 Å². The summed E-state index contributed by atoms with van der Waals surface area (Å²) >= 11 is 0. The second kappa shape index (κ2) is 8.37. The quantitative estimate of drug-likeness (QED) is 0.652. The molecule has 25 heavy (non-hydrogen) atoms. The molecule has 0 aromatic heterocycles. The maximum absolute atomic E-state index is 9.63. The van der Waals surface area contributed by atoms with Crippen LogP contribution in [0, 0.1) is 0 Å². The molecule has 5 heteroatoms. The molecule has 0 bridgehead atoms. The van der Waals surface area contributed by atoms with Gasteiger partial charge in [-0.25, -0.2) is 0 Å². The molecule has 0 aliphatic heterocycles. The van der Waals surface area contributed by atoms with Gasteiger partial charge in [0.25, 0.3) is 0 Å². The maximum Gasteiger partial charge on any atom is 0.492 e. The zero-order chi connectivity index (χ0) is 17.5. The number of ether oxygens (including phenoxy) is 2. The van der Waals surface area contributed by atoms with Gasteiger partial charge in [-0.15, -0.1) is 0 Å². The van der Waals surface area contributed by atoms with Crippen LogP contribution in [0.2, 0.25) is 0 Å². The minimum Gasteiger partial charge on any atom is -0.485 e. The minimum atomic E-state index is -1.63. The van der Waals surface area contributed by atoms with Crippen LogP contribution in [0.5, 0.6) is 11.5 Å². The molecule has 0 saturated heterocycles. The van der Waals surface area contributed by atoms with E-state index in [0.717, 1.165) is 11.1 Å². The van der Waals surface area contributed by atoms with Gasteiger partial charge in [0.05, 0.1) is 0 Å². The molecule has 0 fully saturated rings. The summed E-state index contributed by atoms with van der Waals surface area (Å²) in [6, 6.07) is 24.5. The van der Waals surface area contributed by atoms with Gasteiger partial charge in [0.1, 0.15) is 13.2 Å². The maximum atomic E-state index is 9.63. The lowest BCUT2D eigenvalue weighted by Gasteiger charge is -2.16. The highest BCUT2D eigenvalue weighted by Crippen LogP contribution is 2.27. The highest BCUT2D eigenvalue weighted by Gasteiger charge is 2.21. The lowest BCUT2D eigenvalue weighted by molar-refractivity contribution is 0.256. The first kappa shape index (κ1) is 17.1. The fourth-order valence-electron chi connectivity index (χ4n) is 2.47. The smallest absolute Gasteiger partial charge is 0.485 e. The van der Waals surface area contributed by atoms with E-state index < -0.39 is 7.12 Å². The molecule has 0 atom stereocenters. The Balaban J connectivity index is 1.80. The third-order valence-electron chi connectivity index (χ3n) is 3.75. The van der Waals surface area contributed by atoms with Gasteiger partial charge in [0.2, 0.25) is 0 Å². The van der Waals surface area contributed by atoms with Crippen molar-refractivity contribution in [2.75, 3.05) is 0 Å². The highest BCUT2D eigenvalue weighted by atomic mass is 16.5. The second-order valence-corrected chi connectivity index (χ2v) is 5.60. The molecule has 0 unspecified atom stereocenters. The summed E-state index contributed by atoms with van der Waals surface area (Å²) in [5, 5.41) is 19.3. The Morgan fingerprint density at radius 3 is 1.76 bits per heavy atom. The van der Waals surface area contributed by atoms with Crippen molar-refractivity contribution in [3.8, 4) is 11.5 Å². The standard InChI is InChI=1S/C20H19BO4/c22-21(23)18-12-7-13-19(24-14-16-8-3-1-4-9-16)20(18)25-15-17-10-5-2-6-11-17/h1-13,22-23H,14-15H2. The van der Waals surface area contributed by atoms with Crippen LogP contribution in [0.4, 0.5) is 0 Å². The fraction of sp³-hybridized carbons (Fsp3) is 0.100. The molecule has 3 rings (SSSR count). The molecule has 3 aromatic rings. The predicted molar refractivity (Wildman–Crippen MR) is 97.8 cm³/mol. The Morgan fingerprint density at radius 1 is 0.640 bits per heavy atom. The molecule has 0 aliphatic carbocycles. The van der Waals surface area contributed by atoms with Crippen LogP contribution >= 0.6 is 0 Å². The normalized spacial score (nSPS) is 10.3. The first-order valence-corrected chi connectivity index (χ1v) is 8.06. The Hall–Kier alpha value is -2.76. The van der Waals surface area contributed by atoms with Crippen molar-refractivity contribution in [1.29, 1.82) is 0 Å². The first-order chi connectivity index (χ1) is 12.2. The third-order valence-corrected chi connectivity index (χ3v) is 3.75. The van der Waals surface area contributed by atoms with Gasteiger partial charge >= 0.3 is 7.12 Å². The van der Waals surface area contributed by atoms with Crippen LogP contribution in [-0.2, 0) is 13.2 Å². The Morgan fingerprint density at radius 2 is 1.20 bits per heavy atom. The predicted octanol–water partition coefficient (Wildman–Crippen LogP) is 2.52. The average molecular weight is 334 g/mol. The van der Waals surface area contributed by atoms with E-state index in [1.165, 1.54) is 0 Å². The zero-order valence-corrected chi connectivity index (χ0v) is 13.7. The van der Waals surface area contributed by atoms with Gasteiger partial charge in [-0.1, -0.05) is 72.8 Å². The largest absolute Gasteiger partial charge is 0.492 e. The molecular formula is C20H19BO4. The first-order valence-electron chi connectivity index (χ1n) is 8.06. The van der Waals surface area contributed by atoms with Crippen molar-refractivity contribution in [1.82, 2.24) is 0 Å². The lowest BCUT2D eigenvalue weighted by Crippen LogP contribution is -2.31. The van der Waals surface area contributed by atoms with Crippen molar-refractivity contribution in [2.45, 2.75) is 13.2 Å². The molecule has 126 valence electrons. The summed E-state index contributed by atoms with van der Waals surface area (Å²) in [5.74, 6) is 0.822. The lowest BCUT2D eigenvalue weighted by atomic mass is 9.79. The fourth-order valence-corrected chi connectivity index (χ4v) is 2.47. The van der Waals surface area contributed by atoms with E-state index in [1.54, 1.807) is 18.2 Å². The van der Waals surface area contributed by atoms with Crippen LogP contribution in [0.15, 0.2) is 78.9 Å². The number of hydrogen-bond acceptors (Lipinski definition) is 4. The van der Waals surface area contributed by atoms with Gasteiger partial charge in [0.15, 0.2) is 11.5 Å². The molecule has 0 amide bonds. The molecule has 0 saturated carbocycles. The molecule has 0 spiro atoms. The Bertz CT molecular complexity index is 791. The summed E-state index contributed by atoms with van der Waals surface area (Å²) < 4.78 is 11.7.